The Balaban J connectivity index is 2.03. The average molecular weight is 230 g/mol. The molecule has 16 heavy (non-hydrogen) atoms. The van der Waals surface area contributed by atoms with Gasteiger partial charge in [0.25, 0.3) is 0 Å². The minimum absolute atomic E-state index is 0.0291. The first-order valence-corrected chi connectivity index (χ1v) is 5.51. The zero-order valence-electron chi connectivity index (χ0n) is 9.20. The van der Waals surface area contributed by atoms with Crippen LogP contribution in [0.4, 0.5) is 0 Å². The molecule has 1 rings (SSSR count). The second kappa shape index (κ2) is 7.19. The van der Waals surface area contributed by atoms with Crippen LogP contribution in [0, 0.1) is 0 Å². The number of nitrogens with one attached hydrogen (secondary N) is 2. The van der Waals surface area contributed by atoms with Crippen LogP contribution < -0.4 is 10.6 Å². The molecule has 1 saturated heterocycles. The predicted molar refractivity (Wildman–Crippen MR) is 57.1 cm³/mol. The summed E-state index contributed by atoms with van der Waals surface area (Å²) in [7, 11) is 0. The minimum atomic E-state index is -1.000. The van der Waals surface area contributed by atoms with Crippen molar-refractivity contribution in [1.29, 1.82) is 0 Å². The second-order valence-electron chi connectivity index (χ2n) is 3.74. The number of hydrogen-bond donors (Lipinski definition) is 3. The molecule has 1 aliphatic rings. The molecule has 0 bridgehead atoms. The van der Waals surface area contributed by atoms with Crippen LogP contribution in [0.1, 0.15) is 19.3 Å². The lowest BCUT2D eigenvalue weighted by atomic mass is 10.0. The normalized spacial score (nSPS) is 20.4. The van der Waals surface area contributed by atoms with Crippen molar-refractivity contribution in [2.24, 2.45) is 0 Å². The third-order valence-corrected chi connectivity index (χ3v) is 2.40. The monoisotopic (exact) mass is 230 g/mol. The van der Waals surface area contributed by atoms with Crippen molar-refractivity contribution in [1.82, 2.24) is 10.6 Å². The van der Waals surface area contributed by atoms with Gasteiger partial charge in [-0.3, -0.25) is 4.79 Å². The van der Waals surface area contributed by atoms with E-state index in [0.29, 0.717) is 6.54 Å². The molecule has 0 aromatic rings. The van der Waals surface area contributed by atoms with Gasteiger partial charge in [0.1, 0.15) is 6.61 Å². The molecule has 1 atom stereocenters. The highest BCUT2D eigenvalue weighted by molar-refractivity contribution is 5.81. The number of carbonyl (C=O) groups excluding carboxylic acids is 1. The van der Waals surface area contributed by atoms with E-state index in [2.05, 4.69) is 10.6 Å². The number of amides is 1. The van der Waals surface area contributed by atoms with Gasteiger partial charge in [-0.2, -0.15) is 0 Å². The molecular formula is C10H18N2O4. The number of rotatable bonds is 6. The number of piperidine rings is 1. The van der Waals surface area contributed by atoms with Crippen molar-refractivity contribution in [2.75, 3.05) is 26.3 Å². The average Bonchev–Trinajstić information content (AvgIpc) is 2.29. The lowest BCUT2D eigenvalue weighted by Crippen LogP contribution is -2.47. The van der Waals surface area contributed by atoms with Crippen LogP contribution in [0.5, 0.6) is 0 Å². The van der Waals surface area contributed by atoms with E-state index in [4.69, 9.17) is 9.84 Å². The molecule has 0 aromatic carbocycles. The SMILES string of the molecule is O=C(O)COCCNC(=O)C1CCCCN1. The van der Waals surface area contributed by atoms with E-state index in [1.807, 2.05) is 0 Å². The smallest absolute Gasteiger partial charge is 0.329 e. The van der Waals surface area contributed by atoms with Gasteiger partial charge in [0.15, 0.2) is 0 Å². The molecule has 0 saturated carbocycles. The fourth-order valence-electron chi connectivity index (χ4n) is 1.60. The number of carboxylic acid groups (broad SMARTS) is 1. The summed E-state index contributed by atoms with van der Waals surface area (Å²) in [6.45, 7) is 1.14. The van der Waals surface area contributed by atoms with E-state index in [1.165, 1.54) is 0 Å². The number of aliphatic carboxylic acids is 1. The Morgan fingerprint density at radius 1 is 1.44 bits per heavy atom. The Morgan fingerprint density at radius 3 is 2.88 bits per heavy atom. The molecule has 6 heteroatoms. The fourth-order valence-corrected chi connectivity index (χ4v) is 1.60. The van der Waals surface area contributed by atoms with E-state index in [0.717, 1.165) is 25.8 Å². The molecule has 0 spiro atoms. The zero-order chi connectivity index (χ0) is 11.8. The van der Waals surface area contributed by atoms with Gasteiger partial charge >= 0.3 is 5.97 Å². The molecule has 0 radical (unpaired) electrons. The molecule has 1 fully saturated rings. The highest BCUT2D eigenvalue weighted by Crippen LogP contribution is 2.06. The predicted octanol–water partition coefficient (Wildman–Crippen LogP) is -0.654. The van der Waals surface area contributed by atoms with Crippen molar-refractivity contribution in [3.63, 3.8) is 0 Å². The van der Waals surface area contributed by atoms with Crippen LogP contribution >= 0.6 is 0 Å². The summed E-state index contributed by atoms with van der Waals surface area (Å²) in [6, 6.07) is -0.103. The Bertz CT molecular complexity index is 239. The first-order chi connectivity index (χ1) is 7.70. The Hall–Kier alpha value is -1.14. The summed E-state index contributed by atoms with van der Waals surface area (Å²) in [4.78, 5) is 21.7. The van der Waals surface area contributed by atoms with Crippen LogP contribution in [-0.4, -0.2) is 49.3 Å². The molecule has 6 nitrogen and oxygen atoms in total. The Labute approximate surface area is 94.3 Å². The van der Waals surface area contributed by atoms with Gasteiger partial charge in [0.05, 0.1) is 12.6 Å². The van der Waals surface area contributed by atoms with Gasteiger partial charge in [-0.15, -0.1) is 0 Å². The first-order valence-electron chi connectivity index (χ1n) is 5.51. The number of hydrogen-bond acceptors (Lipinski definition) is 4. The van der Waals surface area contributed by atoms with Gasteiger partial charge in [-0.25, -0.2) is 4.79 Å². The van der Waals surface area contributed by atoms with E-state index in [-0.39, 0.29) is 25.2 Å². The summed E-state index contributed by atoms with van der Waals surface area (Å²) in [6.07, 6.45) is 3.05. The number of ether oxygens (including phenoxy) is 1. The number of carboxylic acids is 1. The molecule has 1 heterocycles. The van der Waals surface area contributed by atoms with E-state index >= 15 is 0 Å². The van der Waals surface area contributed by atoms with Crippen molar-refractivity contribution in [2.45, 2.75) is 25.3 Å². The highest BCUT2D eigenvalue weighted by atomic mass is 16.5. The molecule has 92 valence electrons. The Morgan fingerprint density at radius 2 is 2.25 bits per heavy atom. The third-order valence-electron chi connectivity index (χ3n) is 2.40. The van der Waals surface area contributed by atoms with Gasteiger partial charge in [0, 0.05) is 6.54 Å². The molecular weight excluding hydrogens is 212 g/mol. The van der Waals surface area contributed by atoms with Crippen molar-refractivity contribution < 1.29 is 19.4 Å². The van der Waals surface area contributed by atoms with E-state index < -0.39 is 5.97 Å². The lowest BCUT2D eigenvalue weighted by Gasteiger charge is -2.22. The molecule has 1 aliphatic heterocycles. The standard InChI is InChI=1S/C10H18N2O4/c13-9(14)7-16-6-5-12-10(15)8-3-1-2-4-11-8/h8,11H,1-7H2,(H,12,15)(H,13,14). The summed E-state index contributed by atoms with van der Waals surface area (Å²) < 4.78 is 4.80. The molecule has 1 amide bonds. The Kier molecular flexibility index (Phi) is 5.81. The second-order valence-corrected chi connectivity index (χ2v) is 3.74. The largest absolute Gasteiger partial charge is 0.480 e. The van der Waals surface area contributed by atoms with Gasteiger partial charge < -0.3 is 20.5 Å². The molecule has 0 aliphatic carbocycles. The third kappa shape index (κ3) is 5.09. The zero-order valence-corrected chi connectivity index (χ0v) is 9.20. The van der Waals surface area contributed by atoms with Crippen LogP contribution in [-0.2, 0) is 14.3 Å². The van der Waals surface area contributed by atoms with Crippen LogP contribution in [0.25, 0.3) is 0 Å². The maximum Gasteiger partial charge on any atom is 0.329 e. The summed E-state index contributed by atoms with van der Waals surface area (Å²) in [5.41, 5.74) is 0. The van der Waals surface area contributed by atoms with Crippen molar-refractivity contribution in [3.05, 3.63) is 0 Å². The minimum Gasteiger partial charge on any atom is -0.480 e. The van der Waals surface area contributed by atoms with Crippen LogP contribution in [0.3, 0.4) is 0 Å². The van der Waals surface area contributed by atoms with Gasteiger partial charge in [-0.1, -0.05) is 6.42 Å². The highest BCUT2D eigenvalue weighted by Gasteiger charge is 2.19. The lowest BCUT2D eigenvalue weighted by molar-refractivity contribution is -0.142. The maximum atomic E-state index is 11.5. The topological polar surface area (TPSA) is 87.7 Å². The van der Waals surface area contributed by atoms with Gasteiger partial charge in [0.2, 0.25) is 5.91 Å². The molecule has 3 N–H and O–H groups in total. The summed E-state index contributed by atoms with van der Waals surface area (Å²) >= 11 is 0. The van der Waals surface area contributed by atoms with Gasteiger partial charge in [-0.05, 0) is 19.4 Å². The van der Waals surface area contributed by atoms with Crippen molar-refractivity contribution >= 4 is 11.9 Å². The molecule has 0 aromatic heterocycles. The van der Waals surface area contributed by atoms with E-state index in [1.54, 1.807) is 0 Å². The molecule has 1 unspecified atom stereocenters. The van der Waals surface area contributed by atoms with Crippen LogP contribution in [0.15, 0.2) is 0 Å². The van der Waals surface area contributed by atoms with Crippen LogP contribution in [0.2, 0.25) is 0 Å². The summed E-state index contributed by atoms with van der Waals surface area (Å²) in [5, 5.41) is 14.1. The van der Waals surface area contributed by atoms with Crippen molar-refractivity contribution in [3.8, 4) is 0 Å². The maximum absolute atomic E-state index is 11.5. The summed E-state index contributed by atoms with van der Waals surface area (Å²) in [5.74, 6) is -1.03. The fraction of sp³-hybridized carbons (Fsp3) is 0.800. The number of carbonyl (C=O) groups is 2. The first kappa shape index (κ1) is 12.9. The quantitative estimate of drug-likeness (QED) is 0.528. The van der Waals surface area contributed by atoms with E-state index in [9.17, 15) is 9.59 Å².